The smallest absolute Gasteiger partial charge is 0.188 e. The highest BCUT2D eigenvalue weighted by Gasteiger charge is 2.07. The van der Waals surface area contributed by atoms with Gasteiger partial charge in [0.2, 0.25) is 0 Å². The Bertz CT molecular complexity index is 642. The normalized spacial score (nSPS) is 10.5. The van der Waals surface area contributed by atoms with Crippen molar-refractivity contribution in [1.82, 2.24) is 14.5 Å². The first-order valence-electron chi connectivity index (χ1n) is 5.58. The maximum absolute atomic E-state index is 4.56. The Morgan fingerprint density at radius 3 is 2.89 bits per heavy atom. The summed E-state index contributed by atoms with van der Waals surface area (Å²) in [6, 6.07) is 9.83. The van der Waals surface area contributed by atoms with E-state index in [9.17, 15) is 0 Å². The summed E-state index contributed by atoms with van der Waals surface area (Å²) in [5.74, 6) is 0.810. The third-order valence-corrected chi connectivity index (χ3v) is 3.37. The lowest BCUT2D eigenvalue weighted by Crippen LogP contribution is -1.93. The lowest BCUT2D eigenvalue weighted by Gasteiger charge is -2.00. The van der Waals surface area contributed by atoms with E-state index in [1.54, 1.807) is 17.5 Å². The Labute approximate surface area is 109 Å². The van der Waals surface area contributed by atoms with Crippen LogP contribution in [0.4, 0.5) is 10.9 Å². The molecule has 0 aliphatic rings. The van der Waals surface area contributed by atoms with Crippen LogP contribution in [0.3, 0.4) is 0 Å². The summed E-state index contributed by atoms with van der Waals surface area (Å²) in [4.78, 5) is 8.77. The van der Waals surface area contributed by atoms with Crippen LogP contribution in [0.15, 0.2) is 48.1 Å². The van der Waals surface area contributed by atoms with Gasteiger partial charge in [-0.15, -0.1) is 11.3 Å². The van der Waals surface area contributed by atoms with Gasteiger partial charge in [0.15, 0.2) is 5.13 Å². The van der Waals surface area contributed by atoms with Crippen LogP contribution in [-0.2, 0) is 7.05 Å². The van der Waals surface area contributed by atoms with E-state index in [1.165, 1.54) is 0 Å². The molecule has 0 fully saturated rings. The van der Waals surface area contributed by atoms with Crippen LogP contribution < -0.4 is 5.32 Å². The highest BCUT2D eigenvalue weighted by molar-refractivity contribution is 7.14. The highest BCUT2D eigenvalue weighted by Crippen LogP contribution is 2.26. The Morgan fingerprint density at radius 2 is 2.17 bits per heavy atom. The molecule has 1 N–H and O–H groups in total. The minimum atomic E-state index is 0.810. The molecule has 0 spiro atoms. The monoisotopic (exact) mass is 256 g/mol. The molecule has 18 heavy (non-hydrogen) atoms. The van der Waals surface area contributed by atoms with Gasteiger partial charge in [-0.1, -0.05) is 6.07 Å². The van der Waals surface area contributed by atoms with Crippen molar-refractivity contribution in [2.24, 2.45) is 7.05 Å². The summed E-state index contributed by atoms with van der Waals surface area (Å²) in [7, 11) is 2.01. The largest absolute Gasteiger partial charge is 0.349 e. The Morgan fingerprint density at radius 1 is 1.22 bits per heavy atom. The van der Waals surface area contributed by atoms with Crippen molar-refractivity contribution in [3.63, 3.8) is 0 Å². The molecule has 0 atom stereocenters. The minimum absolute atomic E-state index is 0.810. The summed E-state index contributed by atoms with van der Waals surface area (Å²) in [5, 5.41) is 6.09. The van der Waals surface area contributed by atoms with E-state index in [4.69, 9.17) is 0 Å². The second kappa shape index (κ2) is 4.62. The molecule has 3 aromatic heterocycles. The molecule has 0 bridgehead atoms. The van der Waals surface area contributed by atoms with Crippen molar-refractivity contribution in [3.8, 4) is 11.4 Å². The SMILES string of the molecule is Cn1cccc1-c1csc(Nc2ccccn2)n1. The second-order valence-corrected chi connectivity index (χ2v) is 4.74. The number of hydrogen-bond donors (Lipinski definition) is 1. The van der Waals surface area contributed by atoms with Gasteiger partial charge >= 0.3 is 0 Å². The van der Waals surface area contributed by atoms with E-state index in [1.807, 2.05) is 42.9 Å². The first kappa shape index (κ1) is 11.0. The molecule has 3 aromatic rings. The second-order valence-electron chi connectivity index (χ2n) is 3.88. The van der Waals surface area contributed by atoms with Gasteiger partial charge in [0.05, 0.1) is 11.4 Å². The quantitative estimate of drug-likeness (QED) is 0.782. The van der Waals surface area contributed by atoms with E-state index in [0.29, 0.717) is 0 Å². The van der Waals surface area contributed by atoms with Gasteiger partial charge in [0, 0.05) is 24.8 Å². The lowest BCUT2D eigenvalue weighted by atomic mass is 10.3. The number of hydrogen-bond acceptors (Lipinski definition) is 4. The molecule has 4 nitrogen and oxygen atoms in total. The number of rotatable bonds is 3. The molecule has 0 saturated carbocycles. The van der Waals surface area contributed by atoms with Crippen LogP contribution in [0, 0.1) is 0 Å². The van der Waals surface area contributed by atoms with Crippen LogP contribution in [0.5, 0.6) is 0 Å². The fourth-order valence-corrected chi connectivity index (χ4v) is 2.43. The summed E-state index contributed by atoms with van der Waals surface area (Å²) in [5.41, 5.74) is 2.09. The molecule has 5 heteroatoms. The molecule has 0 saturated heterocycles. The number of nitrogens with zero attached hydrogens (tertiary/aromatic N) is 3. The van der Waals surface area contributed by atoms with E-state index in [2.05, 4.69) is 25.9 Å². The number of aryl methyl sites for hydroxylation is 1. The molecule has 0 radical (unpaired) electrons. The van der Waals surface area contributed by atoms with Crippen LogP contribution in [0.1, 0.15) is 0 Å². The lowest BCUT2D eigenvalue weighted by molar-refractivity contribution is 0.933. The number of thiazole rings is 1. The van der Waals surface area contributed by atoms with Gasteiger partial charge in [-0.2, -0.15) is 0 Å². The summed E-state index contributed by atoms with van der Waals surface area (Å²) >= 11 is 1.58. The fourth-order valence-electron chi connectivity index (χ4n) is 1.72. The number of pyridine rings is 1. The fraction of sp³-hybridized carbons (Fsp3) is 0.0769. The molecule has 0 aliphatic carbocycles. The predicted molar refractivity (Wildman–Crippen MR) is 74.0 cm³/mol. The molecule has 0 aromatic carbocycles. The third kappa shape index (κ3) is 2.12. The van der Waals surface area contributed by atoms with Crippen LogP contribution in [0.2, 0.25) is 0 Å². The zero-order valence-corrected chi connectivity index (χ0v) is 10.7. The topological polar surface area (TPSA) is 42.7 Å². The average molecular weight is 256 g/mol. The molecular weight excluding hydrogens is 244 g/mol. The van der Waals surface area contributed by atoms with Crippen LogP contribution in [0.25, 0.3) is 11.4 Å². The third-order valence-electron chi connectivity index (χ3n) is 2.61. The summed E-state index contributed by atoms with van der Waals surface area (Å²) in [6.45, 7) is 0. The Balaban J connectivity index is 1.84. The highest BCUT2D eigenvalue weighted by atomic mass is 32.1. The first-order chi connectivity index (χ1) is 8.83. The van der Waals surface area contributed by atoms with Crippen LogP contribution >= 0.6 is 11.3 Å². The van der Waals surface area contributed by atoms with Gasteiger partial charge in [0.25, 0.3) is 0 Å². The molecule has 3 rings (SSSR count). The zero-order valence-electron chi connectivity index (χ0n) is 9.87. The average Bonchev–Trinajstić information content (AvgIpc) is 2.99. The molecule has 90 valence electrons. The standard InChI is InChI=1S/C13H12N4S/c1-17-8-4-5-11(17)10-9-18-13(15-10)16-12-6-2-3-7-14-12/h2-9H,1H3,(H,14,15,16). The van der Waals surface area contributed by atoms with Gasteiger partial charge in [0.1, 0.15) is 5.82 Å². The van der Waals surface area contributed by atoms with Crippen molar-refractivity contribution >= 4 is 22.3 Å². The van der Waals surface area contributed by atoms with E-state index in [0.717, 1.165) is 22.3 Å². The molecule has 0 aliphatic heterocycles. The molecule has 0 amide bonds. The maximum atomic E-state index is 4.56. The van der Waals surface area contributed by atoms with Gasteiger partial charge in [-0.25, -0.2) is 9.97 Å². The first-order valence-corrected chi connectivity index (χ1v) is 6.46. The minimum Gasteiger partial charge on any atom is -0.349 e. The number of aromatic nitrogens is 3. The summed E-state index contributed by atoms with van der Waals surface area (Å²) < 4.78 is 2.06. The Kier molecular flexibility index (Phi) is 2.82. The van der Waals surface area contributed by atoms with E-state index >= 15 is 0 Å². The maximum Gasteiger partial charge on any atom is 0.188 e. The molecular formula is C13H12N4S. The zero-order chi connectivity index (χ0) is 12.4. The van der Waals surface area contributed by atoms with Crippen molar-refractivity contribution < 1.29 is 0 Å². The van der Waals surface area contributed by atoms with E-state index < -0.39 is 0 Å². The number of anilines is 2. The van der Waals surface area contributed by atoms with Crippen molar-refractivity contribution in [1.29, 1.82) is 0 Å². The van der Waals surface area contributed by atoms with E-state index in [-0.39, 0.29) is 0 Å². The van der Waals surface area contributed by atoms with Gasteiger partial charge in [-0.3, -0.25) is 0 Å². The number of nitrogens with one attached hydrogen (secondary N) is 1. The summed E-state index contributed by atoms with van der Waals surface area (Å²) in [6.07, 6.45) is 3.77. The molecule has 3 heterocycles. The van der Waals surface area contributed by atoms with Gasteiger partial charge in [-0.05, 0) is 24.3 Å². The van der Waals surface area contributed by atoms with Crippen molar-refractivity contribution in [3.05, 3.63) is 48.1 Å². The predicted octanol–water partition coefficient (Wildman–Crippen LogP) is 3.29. The van der Waals surface area contributed by atoms with Crippen molar-refractivity contribution in [2.45, 2.75) is 0 Å². The van der Waals surface area contributed by atoms with Crippen molar-refractivity contribution in [2.75, 3.05) is 5.32 Å². The Hall–Kier alpha value is -2.14. The molecule has 0 unspecified atom stereocenters. The van der Waals surface area contributed by atoms with Gasteiger partial charge < -0.3 is 9.88 Å². The van der Waals surface area contributed by atoms with Crippen LogP contribution in [-0.4, -0.2) is 14.5 Å².